The molecule has 0 spiro atoms. The van der Waals surface area contributed by atoms with Crippen LogP contribution in [0.2, 0.25) is 0 Å². The molecule has 0 atom stereocenters. The number of imidazole rings is 1. The lowest BCUT2D eigenvalue weighted by Crippen LogP contribution is -2.35. The zero-order valence-corrected chi connectivity index (χ0v) is 18.5. The second-order valence-electron chi connectivity index (χ2n) is 7.58. The number of carbonyl (C=O) groups excluding carboxylic acids is 1. The van der Waals surface area contributed by atoms with E-state index in [1.165, 1.54) is 17.8 Å². The quantitative estimate of drug-likeness (QED) is 0.534. The lowest BCUT2D eigenvalue weighted by atomic mass is 10.0. The number of alkyl halides is 2. The van der Waals surface area contributed by atoms with Crippen LogP contribution in [0.15, 0.2) is 46.3 Å². The second kappa shape index (κ2) is 8.60. The number of carbonyl (C=O) groups is 1. The van der Waals surface area contributed by atoms with Gasteiger partial charge in [-0.1, -0.05) is 47.7 Å². The van der Waals surface area contributed by atoms with Crippen molar-refractivity contribution in [2.75, 3.05) is 6.54 Å². The number of aromatic nitrogens is 2. The van der Waals surface area contributed by atoms with E-state index in [2.05, 4.69) is 15.3 Å². The summed E-state index contributed by atoms with van der Waals surface area (Å²) in [4.78, 5) is 21.0. The van der Waals surface area contributed by atoms with E-state index in [1.54, 1.807) is 26.0 Å². The summed E-state index contributed by atoms with van der Waals surface area (Å²) in [5.41, 5.74) is 3.60. The number of benzene rings is 2. The zero-order valence-electron chi connectivity index (χ0n) is 17.7. The van der Waals surface area contributed by atoms with Crippen molar-refractivity contribution in [3.05, 3.63) is 75.7 Å². The van der Waals surface area contributed by atoms with E-state index in [9.17, 15) is 13.6 Å². The predicted molar refractivity (Wildman–Crippen MR) is 116 cm³/mol. The van der Waals surface area contributed by atoms with Gasteiger partial charge in [-0.15, -0.1) is 0 Å². The van der Waals surface area contributed by atoms with Crippen LogP contribution in [0.5, 0.6) is 0 Å². The Hall–Kier alpha value is -2.67. The monoisotopic (exact) mass is 429 g/mol. The van der Waals surface area contributed by atoms with Crippen LogP contribution in [0, 0.1) is 34.6 Å². The summed E-state index contributed by atoms with van der Waals surface area (Å²) in [6, 6.07) is 10.8. The van der Waals surface area contributed by atoms with Gasteiger partial charge in [0, 0.05) is 10.5 Å². The van der Waals surface area contributed by atoms with E-state index in [-0.39, 0.29) is 11.3 Å². The minimum Gasteiger partial charge on any atom is -0.344 e. The van der Waals surface area contributed by atoms with Crippen molar-refractivity contribution in [2.45, 2.75) is 50.5 Å². The van der Waals surface area contributed by atoms with Crippen LogP contribution in [-0.2, 0) is 5.92 Å². The maximum absolute atomic E-state index is 14.7. The van der Waals surface area contributed by atoms with Crippen molar-refractivity contribution >= 4 is 17.7 Å². The second-order valence-corrected chi connectivity index (χ2v) is 8.63. The highest BCUT2D eigenvalue weighted by Gasteiger charge is 2.34. The lowest BCUT2D eigenvalue weighted by molar-refractivity contribution is -0.00314. The van der Waals surface area contributed by atoms with E-state index >= 15 is 0 Å². The summed E-state index contributed by atoms with van der Waals surface area (Å²) >= 11 is 1.37. The summed E-state index contributed by atoms with van der Waals surface area (Å²) in [6.07, 6.45) is 0. The molecule has 1 heterocycles. The number of H-pyrrole nitrogens is 1. The molecule has 7 heteroatoms. The first-order valence-electron chi connectivity index (χ1n) is 9.62. The van der Waals surface area contributed by atoms with E-state index in [1.807, 2.05) is 39.0 Å². The number of rotatable bonds is 6. The molecule has 3 aromatic rings. The van der Waals surface area contributed by atoms with Crippen molar-refractivity contribution in [2.24, 2.45) is 0 Å². The molecular weight excluding hydrogens is 404 g/mol. The number of hydrogen-bond acceptors (Lipinski definition) is 3. The number of nitrogens with zero attached hydrogens (tertiary/aromatic N) is 1. The number of aromatic amines is 1. The molecule has 0 radical (unpaired) electrons. The average molecular weight is 430 g/mol. The number of halogens is 2. The van der Waals surface area contributed by atoms with Gasteiger partial charge in [0.25, 0.3) is 11.8 Å². The Kier molecular flexibility index (Phi) is 6.31. The lowest BCUT2D eigenvalue weighted by Gasteiger charge is -2.19. The molecule has 0 saturated carbocycles. The van der Waals surface area contributed by atoms with Crippen molar-refractivity contribution in [3.63, 3.8) is 0 Å². The molecule has 30 heavy (non-hydrogen) atoms. The average Bonchev–Trinajstić information content (AvgIpc) is 3.03. The van der Waals surface area contributed by atoms with Crippen LogP contribution in [0.1, 0.15) is 44.1 Å². The molecule has 0 unspecified atom stereocenters. The fraction of sp³-hybridized carbons (Fsp3) is 0.304. The summed E-state index contributed by atoms with van der Waals surface area (Å²) in [6.45, 7) is 8.41. The smallest absolute Gasteiger partial charge is 0.290 e. The van der Waals surface area contributed by atoms with Gasteiger partial charge >= 0.3 is 0 Å². The first-order chi connectivity index (χ1) is 14.1. The topological polar surface area (TPSA) is 57.8 Å². The van der Waals surface area contributed by atoms with Gasteiger partial charge in [0.2, 0.25) is 0 Å². The predicted octanol–water partition coefficient (Wildman–Crippen LogP) is 5.62. The third-order valence-electron chi connectivity index (χ3n) is 4.81. The van der Waals surface area contributed by atoms with E-state index in [0.29, 0.717) is 16.4 Å². The first-order valence-corrected chi connectivity index (χ1v) is 10.4. The fourth-order valence-electron chi connectivity index (χ4n) is 3.22. The SMILES string of the molecule is Cc1ccc(C(F)(F)CNC(=O)c2nc(C)[nH]c2Sc2cc(C)ccc2C)c(C)c1. The largest absolute Gasteiger partial charge is 0.344 e. The molecule has 0 bridgehead atoms. The number of aryl methyl sites for hydroxylation is 5. The fourth-order valence-corrected chi connectivity index (χ4v) is 4.35. The van der Waals surface area contributed by atoms with Crippen LogP contribution in [0.3, 0.4) is 0 Å². The van der Waals surface area contributed by atoms with Gasteiger partial charge < -0.3 is 10.3 Å². The molecule has 4 nitrogen and oxygen atoms in total. The summed E-state index contributed by atoms with van der Waals surface area (Å²) in [5.74, 6) is -3.26. The number of hydrogen-bond donors (Lipinski definition) is 2. The Morgan fingerprint density at radius 2 is 1.70 bits per heavy atom. The summed E-state index contributed by atoms with van der Waals surface area (Å²) in [5, 5.41) is 2.90. The number of amides is 1. The molecule has 0 aliphatic rings. The van der Waals surface area contributed by atoms with Gasteiger partial charge in [0.1, 0.15) is 10.9 Å². The van der Waals surface area contributed by atoms with Crippen LogP contribution >= 0.6 is 11.8 Å². The van der Waals surface area contributed by atoms with Crippen molar-refractivity contribution < 1.29 is 13.6 Å². The maximum atomic E-state index is 14.7. The molecule has 3 rings (SSSR count). The Labute approximate surface area is 179 Å². The van der Waals surface area contributed by atoms with Crippen molar-refractivity contribution in [3.8, 4) is 0 Å². The minimum absolute atomic E-state index is 0.0865. The summed E-state index contributed by atoms with van der Waals surface area (Å²) in [7, 11) is 0. The van der Waals surface area contributed by atoms with Gasteiger partial charge in [-0.25, -0.2) is 4.98 Å². The van der Waals surface area contributed by atoms with Gasteiger partial charge in [-0.3, -0.25) is 4.79 Å². The molecule has 0 fully saturated rings. The Balaban J connectivity index is 1.78. The standard InChI is InChI=1S/C23H25F2N3OS/c1-13-7-9-18(16(4)10-13)23(24,25)12-26-21(29)20-22(28-17(5)27-20)30-19-11-14(2)6-8-15(19)3/h6-11H,12H2,1-5H3,(H,26,29)(H,27,28). The molecule has 1 aromatic heterocycles. The van der Waals surface area contributed by atoms with Crippen LogP contribution < -0.4 is 5.32 Å². The highest BCUT2D eigenvalue weighted by atomic mass is 32.2. The third-order valence-corrected chi connectivity index (χ3v) is 5.97. The normalized spacial score (nSPS) is 11.6. The van der Waals surface area contributed by atoms with E-state index in [0.717, 1.165) is 21.6 Å². The van der Waals surface area contributed by atoms with Crippen molar-refractivity contribution in [1.82, 2.24) is 15.3 Å². The molecule has 1 amide bonds. The molecule has 158 valence electrons. The zero-order chi connectivity index (χ0) is 22.1. The molecular formula is C23H25F2N3OS. The molecule has 2 aromatic carbocycles. The van der Waals surface area contributed by atoms with Gasteiger partial charge in [-0.2, -0.15) is 8.78 Å². The molecule has 2 N–H and O–H groups in total. The van der Waals surface area contributed by atoms with Gasteiger partial charge in [-0.05, 0) is 57.4 Å². The minimum atomic E-state index is -3.18. The molecule has 0 aliphatic carbocycles. The van der Waals surface area contributed by atoms with Gasteiger partial charge in [0.05, 0.1) is 6.54 Å². The highest BCUT2D eigenvalue weighted by molar-refractivity contribution is 7.99. The van der Waals surface area contributed by atoms with E-state index < -0.39 is 18.4 Å². The highest BCUT2D eigenvalue weighted by Crippen LogP contribution is 2.33. The van der Waals surface area contributed by atoms with Crippen LogP contribution in [0.4, 0.5) is 8.78 Å². The number of nitrogens with one attached hydrogen (secondary N) is 2. The molecule has 0 saturated heterocycles. The van der Waals surface area contributed by atoms with Crippen LogP contribution in [-0.4, -0.2) is 22.4 Å². The van der Waals surface area contributed by atoms with Crippen LogP contribution in [0.25, 0.3) is 0 Å². The Morgan fingerprint density at radius 3 is 2.40 bits per heavy atom. The third kappa shape index (κ3) is 4.90. The Bertz CT molecular complexity index is 1090. The maximum Gasteiger partial charge on any atom is 0.290 e. The first kappa shape index (κ1) is 22.0. The van der Waals surface area contributed by atoms with Crippen molar-refractivity contribution in [1.29, 1.82) is 0 Å². The van der Waals surface area contributed by atoms with Gasteiger partial charge in [0.15, 0.2) is 5.69 Å². The Morgan fingerprint density at radius 1 is 1.03 bits per heavy atom. The summed E-state index contributed by atoms with van der Waals surface area (Å²) < 4.78 is 29.5. The van der Waals surface area contributed by atoms with E-state index in [4.69, 9.17) is 0 Å². The molecule has 0 aliphatic heterocycles.